The summed E-state index contributed by atoms with van der Waals surface area (Å²) in [5.41, 5.74) is 0. The van der Waals surface area contributed by atoms with E-state index in [1.165, 1.54) is 12.8 Å². The molecule has 1 heteroatoms. The Morgan fingerprint density at radius 3 is 1.29 bits per heavy atom. The van der Waals surface area contributed by atoms with Crippen molar-refractivity contribution in [3.8, 4) is 0 Å². The van der Waals surface area contributed by atoms with Gasteiger partial charge in [-0.2, -0.15) is 21.1 Å². The van der Waals surface area contributed by atoms with Crippen LogP contribution in [0.4, 0.5) is 0 Å². The summed E-state index contributed by atoms with van der Waals surface area (Å²) in [5, 5.41) is 6.37. The SMILES string of the molecule is CCC[CH2][Al-]([CH2]C(C)C)([CH2]C(C)C)[CH2]C(C)C. The minimum Gasteiger partial charge on any atom is -0.191 e. The van der Waals surface area contributed by atoms with Crippen LogP contribution in [-0.4, -0.2) is 13.1 Å². The zero-order valence-electron chi connectivity index (χ0n) is 13.6. The van der Waals surface area contributed by atoms with E-state index in [-0.39, 0.29) is 0 Å². The Balaban J connectivity index is 4.76. The molecule has 0 N–H and O–H groups in total. The van der Waals surface area contributed by atoms with Crippen molar-refractivity contribution in [1.82, 2.24) is 0 Å². The summed E-state index contributed by atoms with van der Waals surface area (Å²) in [6.45, 7) is 16.9. The molecule has 0 radical (unpaired) electrons. The monoisotopic (exact) mass is 255 g/mol. The second-order valence-electron chi connectivity index (χ2n) is 7.76. The molecule has 0 aliphatic heterocycles. The Bertz CT molecular complexity index is 155. The first-order valence-corrected chi connectivity index (χ1v) is 11.3. The third kappa shape index (κ3) is 8.28. The predicted molar refractivity (Wildman–Crippen MR) is 84.4 cm³/mol. The highest BCUT2D eigenvalue weighted by Gasteiger charge is 2.30. The maximum Gasteiger partial charge on any atom is 0.135 e. The molecule has 104 valence electrons. The second kappa shape index (κ2) is 8.60. The molecule has 0 spiro atoms. The molecule has 0 heterocycles. The fourth-order valence-electron chi connectivity index (χ4n) is 4.28. The summed E-state index contributed by atoms with van der Waals surface area (Å²) in [6, 6.07) is 0. The average molecular weight is 255 g/mol. The van der Waals surface area contributed by atoms with Gasteiger partial charge in [-0.15, -0.1) is 0 Å². The van der Waals surface area contributed by atoms with Gasteiger partial charge >= 0.3 is 0 Å². The Morgan fingerprint density at radius 1 is 0.706 bits per heavy atom. The first-order valence-electron chi connectivity index (χ1n) is 8.03. The first kappa shape index (κ1) is 17.5. The van der Waals surface area contributed by atoms with E-state index >= 15 is 0 Å². The van der Waals surface area contributed by atoms with Gasteiger partial charge in [-0.3, -0.25) is 0 Å². The Labute approximate surface area is 113 Å². The molecule has 0 saturated heterocycles. The third-order valence-corrected chi connectivity index (χ3v) is 11.5. The van der Waals surface area contributed by atoms with Crippen molar-refractivity contribution < 1.29 is 0 Å². The predicted octanol–water partition coefficient (Wildman–Crippen LogP) is 6.20. The lowest BCUT2D eigenvalue weighted by Gasteiger charge is -2.41. The van der Waals surface area contributed by atoms with Gasteiger partial charge in [0.2, 0.25) is 0 Å². The summed E-state index contributed by atoms with van der Waals surface area (Å²) >= 11 is -1.33. The van der Waals surface area contributed by atoms with Crippen LogP contribution < -0.4 is 0 Å². The maximum atomic E-state index is 2.43. The van der Waals surface area contributed by atoms with Gasteiger partial charge in [0.15, 0.2) is 0 Å². The molecule has 0 aliphatic rings. The van der Waals surface area contributed by atoms with E-state index in [2.05, 4.69) is 48.5 Å². The highest BCUT2D eigenvalue weighted by atomic mass is 27.2. The molecule has 0 atom stereocenters. The van der Waals surface area contributed by atoms with Crippen LogP contribution in [0.2, 0.25) is 21.1 Å². The highest BCUT2D eigenvalue weighted by molar-refractivity contribution is 6.80. The van der Waals surface area contributed by atoms with E-state index in [9.17, 15) is 0 Å². The van der Waals surface area contributed by atoms with Gasteiger partial charge in [0, 0.05) is 0 Å². The molecule has 0 nitrogen and oxygen atoms in total. The Hall–Kier alpha value is 0.532. The number of unbranched alkanes of at least 4 members (excludes halogenated alkanes) is 1. The fourth-order valence-corrected chi connectivity index (χ4v) is 12.8. The smallest absolute Gasteiger partial charge is 0.135 e. The Morgan fingerprint density at radius 2 is 1.06 bits per heavy atom. The van der Waals surface area contributed by atoms with E-state index in [0.29, 0.717) is 0 Å². The molecule has 0 bridgehead atoms. The van der Waals surface area contributed by atoms with Crippen LogP contribution in [0.25, 0.3) is 0 Å². The van der Waals surface area contributed by atoms with E-state index in [0.717, 1.165) is 17.8 Å². The van der Waals surface area contributed by atoms with Gasteiger partial charge in [-0.05, 0) is 0 Å². The lowest BCUT2D eigenvalue weighted by atomic mass is 10.2. The maximum absolute atomic E-state index is 2.43. The van der Waals surface area contributed by atoms with Crippen molar-refractivity contribution in [3.63, 3.8) is 0 Å². The minimum atomic E-state index is -1.33. The van der Waals surface area contributed by atoms with Crippen LogP contribution >= 0.6 is 0 Å². The lowest BCUT2D eigenvalue weighted by molar-refractivity contribution is 0.632. The van der Waals surface area contributed by atoms with Crippen molar-refractivity contribution in [2.75, 3.05) is 0 Å². The quantitative estimate of drug-likeness (QED) is 0.430. The van der Waals surface area contributed by atoms with Crippen molar-refractivity contribution in [3.05, 3.63) is 0 Å². The molecule has 0 amide bonds. The molecular weight excluding hydrogens is 219 g/mol. The van der Waals surface area contributed by atoms with Crippen LogP contribution in [0, 0.1) is 17.8 Å². The van der Waals surface area contributed by atoms with Crippen LogP contribution in [0.5, 0.6) is 0 Å². The molecule has 0 rings (SSSR count). The highest BCUT2D eigenvalue weighted by Crippen LogP contribution is 2.36. The minimum absolute atomic E-state index is 0.911. The van der Waals surface area contributed by atoms with Crippen molar-refractivity contribution >= 4 is 13.1 Å². The van der Waals surface area contributed by atoms with Crippen LogP contribution in [0.15, 0.2) is 0 Å². The average Bonchev–Trinajstić information content (AvgIpc) is 2.11. The number of hydrogen-bond acceptors (Lipinski definition) is 0. The first-order chi connectivity index (χ1) is 7.81. The molecule has 0 fully saturated rings. The molecule has 0 unspecified atom stereocenters. The summed E-state index contributed by atoms with van der Waals surface area (Å²) in [6.07, 6.45) is 2.87. The molecule has 0 aromatic heterocycles. The Kier molecular flexibility index (Phi) is 8.87. The van der Waals surface area contributed by atoms with Gasteiger partial charge in [-0.1, -0.05) is 79.1 Å². The zero-order valence-corrected chi connectivity index (χ0v) is 14.7. The van der Waals surface area contributed by atoms with E-state index < -0.39 is 13.1 Å². The van der Waals surface area contributed by atoms with E-state index in [4.69, 9.17) is 0 Å². The summed E-state index contributed by atoms with van der Waals surface area (Å²) in [5.74, 6) is 2.73. The molecular formula is C16H36Al-. The number of rotatable bonds is 9. The second-order valence-corrected chi connectivity index (χ2v) is 13.2. The standard InChI is InChI=1S/4C4H9.Al/c3*1-4(2)3;1-3-4-2;/h3*4H,1H2,2-3H3;1,3-4H2,2H3;/q;;;;-1. The molecule has 0 aromatic rings. The molecule has 0 aromatic carbocycles. The van der Waals surface area contributed by atoms with Crippen LogP contribution in [-0.2, 0) is 0 Å². The third-order valence-electron chi connectivity index (χ3n) is 4.08. The van der Waals surface area contributed by atoms with Crippen LogP contribution in [0.1, 0.15) is 61.3 Å². The zero-order chi connectivity index (χ0) is 13.5. The molecule has 0 saturated carbocycles. The van der Waals surface area contributed by atoms with Crippen molar-refractivity contribution in [1.29, 1.82) is 0 Å². The molecule has 17 heavy (non-hydrogen) atoms. The van der Waals surface area contributed by atoms with Gasteiger partial charge < -0.3 is 0 Å². The normalized spacial score (nSPS) is 13.1. The number of hydrogen-bond donors (Lipinski definition) is 0. The topological polar surface area (TPSA) is 0 Å². The van der Waals surface area contributed by atoms with E-state index in [1.54, 1.807) is 21.1 Å². The van der Waals surface area contributed by atoms with Crippen molar-refractivity contribution in [2.45, 2.75) is 82.4 Å². The van der Waals surface area contributed by atoms with Crippen molar-refractivity contribution in [2.24, 2.45) is 17.8 Å². The molecule has 0 aliphatic carbocycles. The van der Waals surface area contributed by atoms with Gasteiger partial charge in [0.05, 0.1) is 0 Å². The largest absolute Gasteiger partial charge is 0.191 e. The summed E-state index contributed by atoms with van der Waals surface area (Å²) in [4.78, 5) is 0. The van der Waals surface area contributed by atoms with Gasteiger partial charge in [-0.25, -0.2) is 0 Å². The fraction of sp³-hybridized carbons (Fsp3) is 1.00. The van der Waals surface area contributed by atoms with Gasteiger partial charge in [0.1, 0.15) is 13.1 Å². The van der Waals surface area contributed by atoms with Gasteiger partial charge in [0.25, 0.3) is 0 Å². The summed E-state index contributed by atoms with van der Waals surface area (Å²) < 4.78 is 0. The van der Waals surface area contributed by atoms with Crippen LogP contribution in [0.3, 0.4) is 0 Å². The summed E-state index contributed by atoms with van der Waals surface area (Å²) in [7, 11) is 0. The van der Waals surface area contributed by atoms with E-state index in [1.807, 2.05) is 0 Å². The lowest BCUT2D eigenvalue weighted by Crippen LogP contribution is -2.38.